The van der Waals surface area contributed by atoms with Gasteiger partial charge in [0.2, 0.25) is 0 Å². The highest BCUT2D eigenvalue weighted by atomic mass is 14.3. The molecule has 0 amide bonds. The van der Waals surface area contributed by atoms with Gasteiger partial charge in [-0.1, -0.05) is 67.7 Å². The van der Waals surface area contributed by atoms with Crippen molar-refractivity contribution in [1.82, 2.24) is 0 Å². The fourth-order valence-corrected chi connectivity index (χ4v) is 3.40. The van der Waals surface area contributed by atoms with Gasteiger partial charge in [-0.25, -0.2) is 0 Å². The average molecular weight is 212 g/mol. The van der Waals surface area contributed by atoms with Crippen LogP contribution in [0.3, 0.4) is 0 Å². The maximum atomic E-state index is 2.48. The molecule has 0 rings (SSSR count). The number of hydrogen-bond donors (Lipinski definition) is 0. The van der Waals surface area contributed by atoms with Crippen LogP contribution in [0.1, 0.15) is 67.7 Å². The standard InChI is InChI=1S/C15H32/c1-8-12(6)15(11(4)5)13(7)14(9-2)10-3/h11-15H,8-10H2,1-7H3. The molecule has 0 aromatic carbocycles. The minimum Gasteiger partial charge on any atom is -0.0651 e. The van der Waals surface area contributed by atoms with E-state index in [2.05, 4.69) is 48.5 Å². The molecule has 0 N–H and O–H groups in total. The molecule has 0 spiro atoms. The minimum absolute atomic E-state index is 0.829. The van der Waals surface area contributed by atoms with Crippen molar-refractivity contribution in [2.45, 2.75) is 67.7 Å². The van der Waals surface area contributed by atoms with Crippen molar-refractivity contribution in [3.63, 3.8) is 0 Å². The first-order chi connectivity index (χ1) is 6.99. The van der Waals surface area contributed by atoms with Crippen molar-refractivity contribution in [2.75, 3.05) is 0 Å². The first-order valence-electron chi connectivity index (χ1n) is 6.99. The van der Waals surface area contributed by atoms with Gasteiger partial charge in [-0.3, -0.25) is 0 Å². The molecule has 3 unspecified atom stereocenters. The van der Waals surface area contributed by atoms with Gasteiger partial charge in [-0.05, 0) is 29.6 Å². The normalized spacial score (nSPS) is 18.2. The Hall–Kier alpha value is 0. The van der Waals surface area contributed by atoms with Crippen LogP contribution in [0, 0.1) is 29.6 Å². The largest absolute Gasteiger partial charge is 0.0651 e. The van der Waals surface area contributed by atoms with Gasteiger partial charge in [0, 0.05) is 0 Å². The van der Waals surface area contributed by atoms with Crippen LogP contribution < -0.4 is 0 Å². The van der Waals surface area contributed by atoms with Crippen LogP contribution in [0.4, 0.5) is 0 Å². The Bertz CT molecular complexity index is 144. The molecule has 15 heavy (non-hydrogen) atoms. The van der Waals surface area contributed by atoms with E-state index >= 15 is 0 Å². The zero-order valence-electron chi connectivity index (χ0n) is 12.0. The lowest BCUT2D eigenvalue weighted by atomic mass is 9.69. The molecule has 0 aliphatic carbocycles. The number of hydrogen-bond acceptors (Lipinski definition) is 0. The molecule has 0 heterocycles. The van der Waals surface area contributed by atoms with Crippen molar-refractivity contribution in [3.05, 3.63) is 0 Å². The highest BCUT2D eigenvalue weighted by molar-refractivity contribution is 4.78. The van der Waals surface area contributed by atoms with Crippen molar-refractivity contribution >= 4 is 0 Å². The Labute approximate surface area is 97.8 Å². The Morgan fingerprint density at radius 1 is 0.733 bits per heavy atom. The molecule has 0 aromatic rings. The second-order valence-electron chi connectivity index (χ2n) is 5.64. The highest BCUT2D eigenvalue weighted by Crippen LogP contribution is 2.37. The van der Waals surface area contributed by atoms with E-state index in [9.17, 15) is 0 Å². The van der Waals surface area contributed by atoms with E-state index in [0.29, 0.717) is 0 Å². The molecule has 0 saturated heterocycles. The molecule has 92 valence electrons. The summed E-state index contributed by atoms with van der Waals surface area (Å²) in [4.78, 5) is 0. The third-order valence-corrected chi connectivity index (χ3v) is 4.47. The topological polar surface area (TPSA) is 0 Å². The Kier molecular flexibility index (Phi) is 7.30. The molecule has 0 heteroatoms. The highest BCUT2D eigenvalue weighted by Gasteiger charge is 2.29. The summed E-state index contributed by atoms with van der Waals surface area (Å²) in [5, 5.41) is 0. The molecule has 0 saturated carbocycles. The summed E-state index contributed by atoms with van der Waals surface area (Å²) < 4.78 is 0. The lowest BCUT2D eigenvalue weighted by Gasteiger charge is -2.36. The second kappa shape index (κ2) is 7.30. The van der Waals surface area contributed by atoms with Crippen molar-refractivity contribution in [3.8, 4) is 0 Å². The fraction of sp³-hybridized carbons (Fsp3) is 1.00. The van der Waals surface area contributed by atoms with E-state index in [0.717, 1.165) is 29.6 Å². The van der Waals surface area contributed by atoms with Gasteiger partial charge in [0.15, 0.2) is 0 Å². The Balaban J connectivity index is 4.60. The summed E-state index contributed by atoms with van der Waals surface area (Å²) >= 11 is 0. The molecular formula is C15H32. The summed E-state index contributed by atoms with van der Waals surface area (Å²) in [6.07, 6.45) is 4.02. The molecule has 0 bridgehead atoms. The van der Waals surface area contributed by atoms with Gasteiger partial charge in [0.25, 0.3) is 0 Å². The zero-order chi connectivity index (χ0) is 12.0. The van der Waals surface area contributed by atoms with E-state index < -0.39 is 0 Å². The average Bonchev–Trinajstić information content (AvgIpc) is 2.19. The molecule has 0 aliphatic heterocycles. The van der Waals surface area contributed by atoms with Gasteiger partial charge >= 0.3 is 0 Å². The quantitative estimate of drug-likeness (QED) is 0.531. The second-order valence-corrected chi connectivity index (χ2v) is 5.64. The van der Waals surface area contributed by atoms with Crippen LogP contribution in [0.2, 0.25) is 0 Å². The molecular weight excluding hydrogens is 180 g/mol. The van der Waals surface area contributed by atoms with Gasteiger partial charge < -0.3 is 0 Å². The van der Waals surface area contributed by atoms with E-state index in [-0.39, 0.29) is 0 Å². The molecule has 3 atom stereocenters. The zero-order valence-corrected chi connectivity index (χ0v) is 12.0. The van der Waals surface area contributed by atoms with Crippen LogP contribution in [0.5, 0.6) is 0 Å². The van der Waals surface area contributed by atoms with Crippen LogP contribution >= 0.6 is 0 Å². The smallest absolute Gasteiger partial charge is 0.0337 e. The third-order valence-electron chi connectivity index (χ3n) is 4.47. The van der Waals surface area contributed by atoms with E-state index in [1.165, 1.54) is 19.3 Å². The third kappa shape index (κ3) is 4.17. The van der Waals surface area contributed by atoms with Crippen molar-refractivity contribution < 1.29 is 0 Å². The Morgan fingerprint density at radius 2 is 1.20 bits per heavy atom. The first kappa shape index (κ1) is 15.0. The molecule has 0 fully saturated rings. The molecule has 0 aromatic heterocycles. The number of rotatable bonds is 7. The van der Waals surface area contributed by atoms with Gasteiger partial charge in [0.1, 0.15) is 0 Å². The van der Waals surface area contributed by atoms with Crippen molar-refractivity contribution in [2.24, 2.45) is 29.6 Å². The monoisotopic (exact) mass is 212 g/mol. The lowest BCUT2D eigenvalue weighted by molar-refractivity contribution is 0.126. The molecule has 0 radical (unpaired) electrons. The SMILES string of the molecule is CCC(C)C(C(C)C)C(C)C(CC)CC. The molecule has 0 nitrogen and oxygen atoms in total. The van der Waals surface area contributed by atoms with Gasteiger partial charge in [-0.15, -0.1) is 0 Å². The first-order valence-corrected chi connectivity index (χ1v) is 6.99. The minimum atomic E-state index is 0.829. The fourth-order valence-electron chi connectivity index (χ4n) is 3.40. The van der Waals surface area contributed by atoms with E-state index in [1.54, 1.807) is 0 Å². The maximum Gasteiger partial charge on any atom is -0.0337 e. The molecule has 0 aliphatic rings. The van der Waals surface area contributed by atoms with Gasteiger partial charge in [-0.2, -0.15) is 0 Å². The summed E-state index contributed by atoms with van der Waals surface area (Å²) in [5.41, 5.74) is 0. The Morgan fingerprint density at radius 3 is 1.47 bits per heavy atom. The van der Waals surface area contributed by atoms with Crippen LogP contribution in [0.25, 0.3) is 0 Å². The van der Waals surface area contributed by atoms with Crippen LogP contribution in [-0.4, -0.2) is 0 Å². The summed E-state index contributed by atoms with van der Waals surface area (Å²) in [5.74, 6) is 4.41. The maximum absolute atomic E-state index is 2.48. The van der Waals surface area contributed by atoms with Crippen LogP contribution in [0.15, 0.2) is 0 Å². The summed E-state index contributed by atoms with van der Waals surface area (Å²) in [7, 11) is 0. The van der Waals surface area contributed by atoms with Gasteiger partial charge in [0.05, 0.1) is 0 Å². The van der Waals surface area contributed by atoms with E-state index in [4.69, 9.17) is 0 Å². The predicted octanol–water partition coefficient (Wildman–Crippen LogP) is 5.38. The van der Waals surface area contributed by atoms with Crippen LogP contribution in [-0.2, 0) is 0 Å². The summed E-state index contributed by atoms with van der Waals surface area (Å²) in [6.45, 7) is 16.7. The predicted molar refractivity (Wildman–Crippen MR) is 71.0 cm³/mol. The van der Waals surface area contributed by atoms with E-state index in [1.807, 2.05) is 0 Å². The lowest BCUT2D eigenvalue weighted by Crippen LogP contribution is -2.29. The summed E-state index contributed by atoms with van der Waals surface area (Å²) in [6, 6.07) is 0. The van der Waals surface area contributed by atoms with Crippen molar-refractivity contribution in [1.29, 1.82) is 0 Å².